The minimum Gasteiger partial charge on any atom is -0.481 e. The molecular formula is C15H13NO3. The Labute approximate surface area is 110 Å². The van der Waals surface area contributed by atoms with Crippen LogP contribution >= 0.6 is 0 Å². The third kappa shape index (κ3) is 3.67. The number of aromatic amines is 1. The summed E-state index contributed by atoms with van der Waals surface area (Å²) in [5, 5.41) is 8.65. The van der Waals surface area contributed by atoms with Crippen molar-refractivity contribution in [1.29, 1.82) is 0 Å². The Bertz CT molecular complexity index is 611. The van der Waals surface area contributed by atoms with E-state index >= 15 is 0 Å². The average molecular weight is 255 g/mol. The molecule has 4 heteroatoms. The second kappa shape index (κ2) is 5.82. The number of aromatic nitrogens is 1. The molecule has 0 aliphatic heterocycles. The standard InChI is InChI=1S/C15H13NO3/c17-14(9-6-11-4-2-1-3-5-11)13-8-7-12(16-13)10-15(18)19/h1-9,16H,10H2,(H,18,19). The maximum atomic E-state index is 11.9. The lowest BCUT2D eigenvalue weighted by molar-refractivity contribution is -0.136. The Balaban J connectivity index is 2.06. The first kappa shape index (κ1) is 12.8. The van der Waals surface area contributed by atoms with Crippen molar-refractivity contribution in [3.8, 4) is 0 Å². The Morgan fingerprint density at radius 3 is 2.53 bits per heavy atom. The molecule has 2 aromatic rings. The van der Waals surface area contributed by atoms with Gasteiger partial charge in [0, 0.05) is 5.69 Å². The van der Waals surface area contributed by atoms with Crippen LogP contribution in [0.5, 0.6) is 0 Å². The highest BCUT2D eigenvalue weighted by Crippen LogP contribution is 2.07. The van der Waals surface area contributed by atoms with Gasteiger partial charge in [-0.15, -0.1) is 0 Å². The molecule has 0 bridgehead atoms. The Morgan fingerprint density at radius 1 is 1.11 bits per heavy atom. The van der Waals surface area contributed by atoms with Crippen LogP contribution in [0.15, 0.2) is 48.5 Å². The molecule has 0 unspecified atom stereocenters. The summed E-state index contributed by atoms with van der Waals surface area (Å²) in [7, 11) is 0. The van der Waals surface area contributed by atoms with Crippen LogP contribution < -0.4 is 0 Å². The molecular weight excluding hydrogens is 242 g/mol. The molecule has 0 saturated carbocycles. The second-order valence-corrected chi connectivity index (χ2v) is 4.08. The SMILES string of the molecule is O=C(O)Cc1ccc(C(=O)C=Cc2ccccc2)[nH]1. The first-order valence-corrected chi connectivity index (χ1v) is 5.82. The quantitative estimate of drug-likeness (QED) is 0.637. The number of carbonyl (C=O) groups excluding carboxylic acids is 1. The monoisotopic (exact) mass is 255 g/mol. The van der Waals surface area contributed by atoms with Crippen LogP contribution in [0.3, 0.4) is 0 Å². The number of aliphatic carboxylic acids is 1. The van der Waals surface area contributed by atoms with Crippen LogP contribution in [-0.4, -0.2) is 21.8 Å². The largest absolute Gasteiger partial charge is 0.481 e. The number of benzene rings is 1. The lowest BCUT2D eigenvalue weighted by atomic mass is 10.2. The van der Waals surface area contributed by atoms with Crippen LogP contribution in [0.2, 0.25) is 0 Å². The first-order valence-electron chi connectivity index (χ1n) is 5.82. The maximum Gasteiger partial charge on any atom is 0.309 e. The smallest absolute Gasteiger partial charge is 0.309 e. The van der Waals surface area contributed by atoms with Gasteiger partial charge in [0.15, 0.2) is 0 Å². The Hall–Kier alpha value is -2.62. The van der Waals surface area contributed by atoms with Crippen molar-refractivity contribution in [3.05, 3.63) is 65.5 Å². The molecule has 96 valence electrons. The van der Waals surface area contributed by atoms with E-state index in [-0.39, 0.29) is 12.2 Å². The van der Waals surface area contributed by atoms with E-state index in [0.717, 1.165) is 5.56 Å². The fourth-order valence-electron chi connectivity index (χ4n) is 1.68. The van der Waals surface area contributed by atoms with Crippen molar-refractivity contribution in [3.63, 3.8) is 0 Å². The van der Waals surface area contributed by atoms with E-state index in [0.29, 0.717) is 11.4 Å². The van der Waals surface area contributed by atoms with Crippen molar-refractivity contribution >= 4 is 17.8 Å². The number of nitrogens with one attached hydrogen (secondary N) is 1. The summed E-state index contributed by atoms with van der Waals surface area (Å²) in [6.07, 6.45) is 3.07. The van der Waals surface area contributed by atoms with Gasteiger partial charge in [0.05, 0.1) is 12.1 Å². The van der Waals surface area contributed by atoms with Gasteiger partial charge in [-0.05, 0) is 23.8 Å². The third-order valence-corrected chi connectivity index (χ3v) is 2.58. The van der Waals surface area contributed by atoms with Crippen molar-refractivity contribution < 1.29 is 14.7 Å². The molecule has 1 aromatic carbocycles. The van der Waals surface area contributed by atoms with Crippen LogP contribution in [0.25, 0.3) is 6.08 Å². The Morgan fingerprint density at radius 2 is 1.84 bits per heavy atom. The maximum absolute atomic E-state index is 11.9. The number of ketones is 1. The number of allylic oxidation sites excluding steroid dienone is 1. The van der Waals surface area contributed by atoms with Crippen molar-refractivity contribution in [1.82, 2.24) is 4.98 Å². The van der Waals surface area contributed by atoms with E-state index in [4.69, 9.17) is 5.11 Å². The normalized spacial score (nSPS) is 10.7. The zero-order valence-corrected chi connectivity index (χ0v) is 10.2. The summed E-state index contributed by atoms with van der Waals surface area (Å²) in [5.74, 6) is -1.11. The van der Waals surface area contributed by atoms with Crippen LogP contribution in [0.1, 0.15) is 21.7 Å². The molecule has 0 aliphatic rings. The Kier molecular flexibility index (Phi) is 3.93. The second-order valence-electron chi connectivity index (χ2n) is 4.08. The fourth-order valence-corrected chi connectivity index (χ4v) is 1.68. The predicted octanol–water partition coefficient (Wildman–Crippen LogP) is 2.54. The molecule has 2 N–H and O–H groups in total. The number of carboxylic acids is 1. The zero-order valence-electron chi connectivity index (χ0n) is 10.2. The van der Waals surface area contributed by atoms with Crippen molar-refractivity contribution in [2.45, 2.75) is 6.42 Å². The number of carbonyl (C=O) groups is 2. The number of hydrogen-bond acceptors (Lipinski definition) is 2. The minimum absolute atomic E-state index is 0.115. The van der Waals surface area contributed by atoms with Gasteiger partial charge in [-0.2, -0.15) is 0 Å². The first-order chi connectivity index (χ1) is 9.15. The van der Waals surface area contributed by atoms with Crippen LogP contribution in [0.4, 0.5) is 0 Å². The third-order valence-electron chi connectivity index (χ3n) is 2.58. The molecule has 19 heavy (non-hydrogen) atoms. The summed E-state index contributed by atoms with van der Waals surface area (Å²) in [4.78, 5) is 25.2. The van der Waals surface area contributed by atoms with Gasteiger partial charge >= 0.3 is 5.97 Å². The number of rotatable bonds is 5. The van der Waals surface area contributed by atoms with Gasteiger partial charge < -0.3 is 10.1 Å². The van der Waals surface area contributed by atoms with Crippen LogP contribution in [0, 0.1) is 0 Å². The van der Waals surface area contributed by atoms with Gasteiger partial charge in [0.2, 0.25) is 5.78 Å². The van der Waals surface area contributed by atoms with Gasteiger partial charge in [0.25, 0.3) is 0 Å². The molecule has 0 fully saturated rings. The summed E-state index contributed by atoms with van der Waals surface area (Å²) in [5.41, 5.74) is 1.85. The summed E-state index contributed by atoms with van der Waals surface area (Å²) in [6.45, 7) is 0. The van der Waals surface area contributed by atoms with Crippen LogP contribution in [-0.2, 0) is 11.2 Å². The van der Waals surface area contributed by atoms with E-state index in [2.05, 4.69) is 4.98 Å². The topological polar surface area (TPSA) is 70.2 Å². The summed E-state index contributed by atoms with van der Waals surface area (Å²) in [6, 6.07) is 12.7. The van der Waals surface area contributed by atoms with Gasteiger partial charge in [0.1, 0.15) is 0 Å². The lowest BCUT2D eigenvalue weighted by Crippen LogP contribution is -2.01. The molecule has 4 nitrogen and oxygen atoms in total. The number of hydrogen-bond donors (Lipinski definition) is 2. The highest BCUT2D eigenvalue weighted by Gasteiger charge is 2.07. The van der Waals surface area contributed by atoms with Crippen molar-refractivity contribution in [2.24, 2.45) is 0 Å². The molecule has 1 heterocycles. The fraction of sp³-hybridized carbons (Fsp3) is 0.0667. The molecule has 0 radical (unpaired) electrons. The number of carboxylic acid groups (broad SMARTS) is 1. The van der Waals surface area contributed by atoms with E-state index in [9.17, 15) is 9.59 Å². The van der Waals surface area contributed by atoms with Gasteiger partial charge in [-0.3, -0.25) is 9.59 Å². The lowest BCUT2D eigenvalue weighted by Gasteiger charge is -1.93. The molecule has 0 spiro atoms. The van der Waals surface area contributed by atoms with Gasteiger partial charge in [-0.25, -0.2) is 0 Å². The average Bonchev–Trinajstić information content (AvgIpc) is 2.85. The molecule has 2 rings (SSSR count). The summed E-state index contributed by atoms with van der Waals surface area (Å²) >= 11 is 0. The zero-order chi connectivity index (χ0) is 13.7. The summed E-state index contributed by atoms with van der Waals surface area (Å²) < 4.78 is 0. The minimum atomic E-state index is -0.930. The highest BCUT2D eigenvalue weighted by atomic mass is 16.4. The molecule has 1 aromatic heterocycles. The van der Waals surface area contributed by atoms with Crippen molar-refractivity contribution in [2.75, 3.05) is 0 Å². The van der Waals surface area contributed by atoms with E-state index in [1.807, 2.05) is 30.3 Å². The van der Waals surface area contributed by atoms with E-state index < -0.39 is 5.97 Å². The van der Waals surface area contributed by atoms with E-state index in [1.165, 1.54) is 6.08 Å². The van der Waals surface area contributed by atoms with Gasteiger partial charge in [-0.1, -0.05) is 36.4 Å². The molecule has 0 aliphatic carbocycles. The molecule has 0 saturated heterocycles. The molecule has 0 atom stereocenters. The molecule has 0 amide bonds. The predicted molar refractivity (Wildman–Crippen MR) is 71.9 cm³/mol. The highest BCUT2D eigenvalue weighted by molar-refractivity contribution is 6.05. The number of H-pyrrole nitrogens is 1. The van der Waals surface area contributed by atoms with E-state index in [1.54, 1.807) is 18.2 Å².